The summed E-state index contributed by atoms with van der Waals surface area (Å²) in [6.07, 6.45) is 8.34. The molecule has 0 unspecified atom stereocenters. The average molecular weight is 423 g/mol. The highest BCUT2D eigenvalue weighted by Gasteiger charge is 2.37. The fraction of sp³-hybridized carbons (Fsp3) is 0.0870. The van der Waals surface area contributed by atoms with E-state index in [4.69, 9.17) is 9.72 Å². The second-order valence-corrected chi connectivity index (χ2v) is 7.34. The van der Waals surface area contributed by atoms with Gasteiger partial charge in [0.05, 0.1) is 11.9 Å². The number of nitrogens with one attached hydrogen (secondary N) is 1. The lowest BCUT2D eigenvalue weighted by atomic mass is 10.1. The summed E-state index contributed by atoms with van der Waals surface area (Å²) < 4.78 is 7.01. The van der Waals surface area contributed by atoms with Gasteiger partial charge in [-0.25, -0.2) is 24.2 Å². The second-order valence-electron chi connectivity index (χ2n) is 7.34. The molecule has 1 amide bonds. The Balaban J connectivity index is 1.39. The molecule has 0 saturated carbocycles. The topological polar surface area (TPSA) is 101 Å². The molecule has 1 fully saturated rings. The van der Waals surface area contributed by atoms with Crippen LogP contribution in [0, 0.1) is 0 Å². The SMILES string of the molecule is O=C1OC[C@H](c2ccccn2)N1c1ccn2ncc(-c3ccc(-c4ncc[nH]4)cc3)c2n1. The normalized spacial score (nSPS) is 15.9. The van der Waals surface area contributed by atoms with Gasteiger partial charge in [-0.3, -0.25) is 4.98 Å². The quantitative estimate of drug-likeness (QED) is 0.471. The van der Waals surface area contributed by atoms with Gasteiger partial charge in [-0.1, -0.05) is 30.3 Å². The molecule has 32 heavy (non-hydrogen) atoms. The molecule has 9 nitrogen and oxygen atoms in total. The zero-order valence-corrected chi connectivity index (χ0v) is 16.8. The lowest BCUT2D eigenvalue weighted by Gasteiger charge is -2.20. The number of rotatable bonds is 4. The molecule has 1 N–H and O–H groups in total. The lowest BCUT2D eigenvalue weighted by molar-refractivity contribution is 0.178. The summed E-state index contributed by atoms with van der Waals surface area (Å²) in [4.78, 5) is 30.6. The number of amides is 1. The number of aromatic amines is 1. The summed E-state index contributed by atoms with van der Waals surface area (Å²) in [5.74, 6) is 1.30. The van der Waals surface area contributed by atoms with Crippen molar-refractivity contribution in [3.63, 3.8) is 0 Å². The largest absolute Gasteiger partial charge is 0.446 e. The number of imidazole rings is 1. The van der Waals surface area contributed by atoms with Crippen molar-refractivity contribution < 1.29 is 9.53 Å². The summed E-state index contributed by atoms with van der Waals surface area (Å²) in [7, 11) is 0. The fourth-order valence-electron chi connectivity index (χ4n) is 3.89. The maximum absolute atomic E-state index is 12.5. The molecule has 1 aliphatic heterocycles. The van der Waals surface area contributed by atoms with E-state index in [1.807, 2.05) is 42.5 Å². The highest BCUT2D eigenvalue weighted by atomic mass is 16.6. The van der Waals surface area contributed by atoms with Gasteiger partial charge in [0.1, 0.15) is 24.3 Å². The Labute approximate surface area is 182 Å². The van der Waals surface area contributed by atoms with Crippen molar-refractivity contribution in [2.75, 3.05) is 11.5 Å². The van der Waals surface area contributed by atoms with E-state index in [2.05, 4.69) is 20.1 Å². The molecule has 0 radical (unpaired) electrons. The highest BCUT2D eigenvalue weighted by molar-refractivity contribution is 5.90. The van der Waals surface area contributed by atoms with Crippen LogP contribution < -0.4 is 4.90 Å². The first kappa shape index (κ1) is 18.3. The number of H-pyrrole nitrogens is 1. The lowest BCUT2D eigenvalue weighted by Crippen LogP contribution is -2.28. The summed E-state index contributed by atoms with van der Waals surface area (Å²) in [6.45, 7) is 0.225. The molecule has 0 bridgehead atoms. The number of anilines is 1. The zero-order valence-electron chi connectivity index (χ0n) is 16.8. The van der Waals surface area contributed by atoms with E-state index in [1.54, 1.807) is 46.5 Å². The molecular weight excluding hydrogens is 406 g/mol. The first-order valence-electron chi connectivity index (χ1n) is 10.1. The highest BCUT2D eigenvalue weighted by Crippen LogP contribution is 2.32. The molecule has 5 aromatic rings. The summed E-state index contributed by atoms with van der Waals surface area (Å²) in [5, 5.41) is 4.42. The molecule has 1 aromatic carbocycles. The second kappa shape index (κ2) is 7.31. The predicted octanol–water partition coefficient (Wildman–Crippen LogP) is 3.88. The minimum Gasteiger partial charge on any atom is -0.446 e. The number of benzene rings is 1. The van der Waals surface area contributed by atoms with Crippen LogP contribution in [0.5, 0.6) is 0 Å². The van der Waals surface area contributed by atoms with E-state index >= 15 is 0 Å². The van der Waals surface area contributed by atoms with Crippen molar-refractivity contribution in [2.24, 2.45) is 0 Å². The number of hydrogen-bond donors (Lipinski definition) is 1. The van der Waals surface area contributed by atoms with E-state index in [-0.39, 0.29) is 12.6 Å². The zero-order chi connectivity index (χ0) is 21.5. The Hall–Kier alpha value is -4.53. The molecule has 4 aromatic heterocycles. The van der Waals surface area contributed by atoms with Crippen LogP contribution in [-0.2, 0) is 4.74 Å². The number of fused-ring (bicyclic) bond motifs is 1. The third kappa shape index (κ3) is 2.99. The van der Waals surface area contributed by atoms with E-state index < -0.39 is 6.09 Å². The number of carbonyl (C=O) groups excluding carboxylic acids is 1. The van der Waals surface area contributed by atoms with Gasteiger partial charge in [0.25, 0.3) is 0 Å². The molecule has 156 valence electrons. The molecule has 5 heterocycles. The Morgan fingerprint density at radius 1 is 1.00 bits per heavy atom. The molecule has 6 rings (SSSR count). The smallest absolute Gasteiger partial charge is 0.416 e. The third-order valence-corrected chi connectivity index (χ3v) is 5.47. The Morgan fingerprint density at radius 2 is 1.88 bits per heavy atom. The van der Waals surface area contributed by atoms with Crippen LogP contribution in [0.4, 0.5) is 10.6 Å². The number of cyclic esters (lactones) is 1. The van der Waals surface area contributed by atoms with Gasteiger partial charge >= 0.3 is 6.09 Å². The summed E-state index contributed by atoms with van der Waals surface area (Å²) in [6, 6.07) is 15.0. The van der Waals surface area contributed by atoms with E-state index in [1.165, 1.54) is 0 Å². The van der Waals surface area contributed by atoms with Crippen LogP contribution >= 0.6 is 0 Å². The van der Waals surface area contributed by atoms with Crippen molar-refractivity contribution in [3.8, 4) is 22.5 Å². The summed E-state index contributed by atoms with van der Waals surface area (Å²) >= 11 is 0. The number of ether oxygens (including phenoxy) is 1. The van der Waals surface area contributed by atoms with Crippen molar-refractivity contribution in [3.05, 3.63) is 85.2 Å². The van der Waals surface area contributed by atoms with Crippen LogP contribution in [0.3, 0.4) is 0 Å². The van der Waals surface area contributed by atoms with Gasteiger partial charge in [-0.05, 0) is 23.8 Å². The number of pyridine rings is 1. The molecule has 0 spiro atoms. The Kier molecular flexibility index (Phi) is 4.17. The van der Waals surface area contributed by atoms with E-state index in [9.17, 15) is 4.79 Å². The van der Waals surface area contributed by atoms with Gasteiger partial charge in [-0.15, -0.1) is 0 Å². The number of nitrogens with zero attached hydrogens (tertiary/aromatic N) is 6. The summed E-state index contributed by atoms with van der Waals surface area (Å²) in [5.41, 5.74) is 4.21. The van der Waals surface area contributed by atoms with Crippen LogP contribution in [0.15, 0.2) is 79.5 Å². The minimum absolute atomic E-state index is 0.225. The molecule has 1 aliphatic rings. The van der Waals surface area contributed by atoms with Crippen molar-refractivity contribution in [2.45, 2.75) is 6.04 Å². The Bertz CT molecular complexity index is 1400. The fourth-order valence-corrected chi connectivity index (χ4v) is 3.89. The van der Waals surface area contributed by atoms with Crippen LogP contribution in [0.2, 0.25) is 0 Å². The van der Waals surface area contributed by atoms with Gasteiger partial charge in [0.15, 0.2) is 5.65 Å². The molecule has 0 aliphatic carbocycles. The van der Waals surface area contributed by atoms with Gasteiger partial charge < -0.3 is 9.72 Å². The van der Waals surface area contributed by atoms with Gasteiger partial charge in [-0.2, -0.15) is 5.10 Å². The maximum atomic E-state index is 12.5. The van der Waals surface area contributed by atoms with E-state index in [0.29, 0.717) is 11.5 Å². The van der Waals surface area contributed by atoms with Gasteiger partial charge in [0, 0.05) is 35.9 Å². The average Bonchev–Trinajstić information content (AvgIpc) is 3.59. The minimum atomic E-state index is -0.443. The van der Waals surface area contributed by atoms with Crippen molar-refractivity contribution in [1.29, 1.82) is 0 Å². The van der Waals surface area contributed by atoms with E-state index in [0.717, 1.165) is 28.2 Å². The molecular formula is C23H17N7O2. The molecule has 1 saturated heterocycles. The molecule has 1 atom stereocenters. The predicted molar refractivity (Wildman–Crippen MR) is 117 cm³/mol. The maximum Gasteiger partial charge on any atom is 0.416 e. The molecule has 9 heteroatoms. The first-order valence-corrected chi connectivity index (χ1v) is 10.1. The standard InChI is InChI=1S/C23H17N7O2/c31-23-30(19(14-32-23)18-3-1-2-9-24-18)20-8-12-29-22(28-20)17(13-27-29)15-4-6-16(7-5-15)21-25-10-11-26-21/h1-13,19H,14H2,(H,25,26)/t19-/m1/s1. The van der Waals surface area contributed by atoms with Crippen LogP contribution in [0.25, 0.3) is 28.2 Å². The monoisotopic (exact) mass is 423 g/mol. The first-order chi connectivity index (χ1) is 15.8. The van der Waals surface area contributed by atoms with Crippen molar-refractivity contribution >= 4 is 17.6 Å². The van der Waals surface area contributed by atoms with Gasteiger partial charge in [0.2, 0.25) is 0 Å². The van der Waals surface area contributed by atoms with Crippen LogP contribution in [0.1, 0.15) is 11.7 Å². The number of aromatic nitrogens is 6. The van der Waals surface area contributed by atoms with Crippen molar-refractivity contribution in [1.82, 2.24) is 29.5 Å². The van der Waals surface area contributed by atoms with Crippen LogP contribution in [-0.4, -0.2) is 42.3 Å². The Morgan fingerprint density at radius 3 is 2.66 bits per heavy atom. The number of hydrogen-bond acceptors (Lipinski definition) is 6. The third-order valence-electron chi connectivity index (χ3n) is 5.47. The number of carbonyl (C=O) groups is 1.